The monoisotopic (exact) mass is 440 g/mol. The lowest BCUT2D eigenvalue weighted by Crippen LogP contribution is -2.24. The van der Waals surface area contributed by atoms with Gasteiger partial charge < -0.3 is 9.88 Å². The van der Waals surface area contributed by atoms with Crippen LogP contribution in [-0.4, -0.2) is 29.1 Å². The van der Waals surface area contributed by atoms with E-state index in [2.05, 4.69) is 10.3 Å². The molecule has 0 aliphatic heterocycles. The Kier molecular flexibility index (Phi) is 5.92. The fourth-order valence-electron chi connectivity index (χ4n) is 2.71. The van der Waals surface area contributed by atoms with E-state index < -0.39 is 38.5 Å². The number of anilines is 1. The lowest BCUT2D eigenvalue weighted by atomic mass is 10.3. The smallest absolute Gasteiger partial charge is 0.238 e. The average molecular weight is 440 g/mol. The Hall–Kier alpha value is -2.50. The molecular weight excluding hydrogens is 422 g/mol. The van der Waals surface area contributed by atoms with Crippen LogP contribution in [0, 0.1) is 11.6 Å². The minimum Gasteiger partial charge on any atom is -0.320 e. The summed E-state index contributed by atoms with van der Waals surface area (Å²) in [4.78, 5) is 16.8. The molecule has 0 fully saturated rings. The first kappa shape index (κ1) is 21.2. The number of para-hydroxylation sites is 1. The number of hydrogen-bond acceptors (Lipinski definition) is 5. The predicted molar refractivity (Wildman–Crippen MR) is 107 cm³/mol. The second-order valence-electron chi connectivity index (χ2n) is 6.18. The van der Waals surface area contributed by atoms with Crippen LogP contribution < -0.4 is 10.5 Å². The van der Waals surface area contributed by atoms with Gasteiger partial charge in [-0.15, -0.1) is 0 Å². The SMILES string of the molecule is CCn1c(S[C@H](C)C(=O)Nc2c(F)cccc2F)nc2cc(S(N)(=O)=O)ccc21. The van der Waals surface area contributed by atoms with Crippen molar-refractivity contribution in [2.75, 3.05) is 5.32 Å². The van der Waals surface area contributed by atoms with E-state index in [1.165, 1.54) is 18.2 Å². The molecule has 0 spiro atoms. The molecule has 0 saturated carbocycles. The number of benzene rings is 2. The summed E-state index contributed by atoms with van der Waals surface area (Å²) in [5.41, 5.74) is 0.579. The molecule has 0 bridgehead atoms. The van der Waals surface area contributed by atoms with Crippen LogP contribution in [0.5, 0.6) is 0 Å². The minimum atomic E-state index is -3.88. The maximum atomic E-state index is 13.8. The standard InChI is InChI=1S/C18H18F2N4O3S2/c1-3-24-15-8-7-11(29(21,26)27)9-14(15)22-18(24)28-10(2)17(25)23-16-12(19)5-4-6-13(16)20/h4-10H,3H2,1-2H3,(H,23,25)(H2,21,26,27)/t10-/m1/s1. The van der Waals surface area contributed by atoms with Gasteiger partial charge in [0.2, 0.25) is 15.9 Å². The van der Waals surface area contributed by atoms with Gasteiger partial charge >= 0.3 is 0 Å². The highest BCUT2D eigenvalue weighted by Crippen LogP contribution is 2.29. The van der Waals surface area contributed by atoms with Crippen LogP contribution >= 0.6 is 11.8 Å². The number of halogens is 2. The van der Waals surface area contributed by atoms with E-state index in [0.29, 0.717) is 22.7 Å². The van der Waals surface area contributed by atoms with E-state index in [1.54, 1.807) is 17.6 Å². The number of nitrogens with two attached hydrogens (primary N) is 1. The van der Waals surface area contributed by atoms with Crippen LogP contribution in [0.4, 0.5) is 14.5 Å². The second kappa shape index (κ2) is 8.09. The molecule has 11 heteroatoms. The number of nitrogens with zero attached hydrogens (tertiary/aromatic N) is 2. The molecule has 0 aliphatic rings. The number of amides is 1. The molecule has 3 rings (SSSR count). The molecule has 1 amide bonds. The Balaban J connectivity index is 1.87. The Morgan fingerprint density at radius 3 is 2.52 bits per heavy atom. The van der Waals surface area contributed by atoms with Crippen molar-refractivity contribution < 1.29 is 22.0 Å². The number of hydrogen-bond donors (Lipinski definition) is 2. The van der Waals surface area contributed by atoms with Gasteiger partial charge in [-0.2, -0.15) is 0 Å². The normalized spacial score (nSPS) is 12.9. The fourth-order valence-corrected chi connectivity index (χ4v) is 4.24. The molecule has 1 heterocycles. The maximum Gasteiger partial charge on any atom is 0.238 e. The number of thioether (sulfide) groups is 1. The van der Waals surface area contributed by atoms with Gasteiger partial charge in [-0.25, -0.2) is 27.3 Å². The molecule has 29 heavy (non-hydrogen) atoms. The Morgan fingerprint density at radius 1 is 1.28 bits per heavy atom. The highest BCUT2D eigenvalue weighted by atomic mass is 32.2. The van der Waals surface area contributed by atoms with E-state index in [-0.39, 0.29) is 4.90 Å². The third-order valence-electron chi connectivity index (χ3n) is 4.19. The molecule has 0 saturated heterocycles. The number of aryl methyl sites for hydroxylation is 1. The number of carbonyl (C=O) groups is 1. The summed E-state index contributed by atoms with van der Waals surface area (Å²) in [6.45, 7) is 3.97. The Morgan fingerprint density at radius 2 is 1.93 bits per heavy atom. The van der Waals surface area contributed by atoms with Crippen molar-refractivity contribution in [3.05, 3.63) is 48.0 Å². The van der Waals surface area contributed by atoms with Gasteiger partial charge in [0.05, 0.1) is 21.2 Å². The largest absolute Gasteiger partial charge is 0.320 e. The van der Waals surface area contributed by atoms with Crippen LogP contribution in [0.3, 0.4) is 0 Å². The van der Waals surface area contributed by atoms with Crippen LogP contribution in [0.1, 0.15) is 13.8 Å². The zero-order chi connectivity index (χ0) is 21.3. The van der Waals surface area contributed by atoms with Gasteiger partial charge in [0.25, 0.3) is 0 Å². The van der Waals surface area contributed by atoms with Crippen molar-refractivity contribution in [3.63, 3.8) is 0 Å². The van der Waals surface area contributed by atoms with Crippen LogP contribution in [0.15, 0.2) is 46.5 Å². The van der Waals surface area contributed by atoms with Crippen molar-refractivity contribution in [2.24, 2.45) is 5.14 Å². The van der Waals surface area contributed by atoms with Crippen molar-refractivity contribution in [1.82, 2.24) is 9.55 Å². The third kappa shape index (κ3) is 4.41. The van der Waals surface area contributed by atoms with E-state index in [9.17, 15) is 22.0 Å². The van der Waals surface area contributed by atoms with E-state index in [0.717, 1.165) is 23.9 Å². The van der Waals surface area contributed by atoms with Gasteiger partial charge in [0.15, 0.2) is 5.16 Å². The Bertz CT molecular complexity index is 1180. The zero-order valence-corrected chi connectivity index (χ0v) is 17.2. The fraction of sp³-hybridized carbons (Fsp3) is 0.222. The summed E-state index contributed by atoms with van der Waals surface area (Å²) in [6.07, 6.45) is 0. The zero-order valence-electron chi connectivity index (χ0n) is 15.5. The minimum absolute atomic E-state index is 0.0666. The summed E-state index contributed by atoms with van der Waals surface area (Å²) in [5, 5.41) is 7.15. The van der Waals surface area contributed by atoms with Gasteiger partial charge in [0, 0.05) is 6.54 Å². The first-order chi connectivity index (χ1) is 13.6. The van der Waals surface area contributed by atoms with E-state index in [1.807, 2.05) is 6.92 Å². The maximum absolute atomic E-state index is 13.8. The highest BCUT2D eigenvalue weighted by Gasteiger charge is 2.22. The Labute approximate surface area is 170 Å². The molecule has 1 aromatic heterocycles. The van der Waals surface area contributed by atoms with Crippen molar-refractivity contribution in [3.8, 4) is 0 Å². The molecule has 0 unspecified atom stereocenters. The topological polar surface area (TPSA) is 107 Å². The van der Waals surface area contributed by atoms with E-state index >= 15 is 0 Å². The van der Waals surface area contributed by atoms with Crippen molar-refractivity contribution >= 4 is 44.4 Å². The summed E-state index contributed by atoms with van der Waals surface area (Å²) in [7, 11) is -3.88. The number of imidazole rings is 1. The summed E-state index contributed by atoms with van der Waals surface area (Å²) < 4.78 is 52.4. The number of rotatable bonds is 6. The molecule has 3 N–H and O–H groups in total. The third-order valence-corrected chi connectivity index (χ3v) is 6.19. The first-order valence-electron chi connectivity index (χ1n) is 8.56. The molecule has 0 aliphatic carbocycles. The van der Waals surface area contributed by atoms with Gasteiger partial charge in [-0.1, -0.05) is 17.8 Å². The molecule has 0 radical (unpaired) electrons. The van der Waals surface area contributed by atoms with Crippen LogP contribution in [0.2, 0.25) is 0 Å². The number of carbonyl (C=O) groups excluding carboxylic acids is 1. The summed E-state index contributed by atoms with van der Waals surface area (Å²) >= 11 is 1.09. The van der Waals surface area contributed by atoms with Crippen LogP contribution in [0.25, 0.3) is 11.0 Å². The second-order valence-corrected chi connectivity index (χ2v) is 9.05. The van der Waals surface area contributed by atoms with Gasteiger partial charge in [-0.05, 0) is 44.2 Å². The lowest BCUT2D eigenvalue weighted by molar-refractivity contribution is -0.115. The molecular formula is C18H18F2N4O3S2. The summed E-state index contributed by atoms with van der Waals surface area (Å²) in [6, 6.07) is 7.65. The number of aromatic nitrogens is 2. The number of primary sulfonamides is 1. The van der Waals surface area contributed by atoms with Crippen LogP contribution in [-0.2, 0) is 21.4 Å². The predicted octanol–water partition coefficient (Wildman–Crippen LogP) is 3.10. The molecule has 2 aromatic carbocycles. The quantitative estimate of drug-likeness (QED) is 0.573. The molecule has 3 aromatic rings. The number of nitrogens with one attached hydrogen (secondary N) is 1. The number of sulfonamides is 1. The van der Waals surface area contributed by atoms with Gasteiger partial charge in [0.1, 0.15) is 17.3 Å². The highest BCUT2D eigenvalue weighted by molar-refractivity contribution is 8.00. The van der Waals surface area contributed by atoms with Crippen molar-refractivity contribution in [1.29, 1.82) is 0 Å². The van der Waals surface area contributed by atoms with Gasteiger partial charge in [-0.3, -0.25) is 4.79 Å². The molecule has 1 atom stereocenters. The number of fused-ring (bicyclic) bond motifs is 1. The van der Waals surface area contributed by atoms with Crippen molar-refractivity contribution in [2.45, 2.75) is 35.7 Å². The first-order valence-corrected chi connectivity index (χ1v) is 11.0. The molecule has 7 nitrogen and oxygen atoms in total. The average Bonchev–Trinajstić information content (AvgIpc) is 2.99. The van der Waals surface area contributed by atoms with E-state index in [4.69, 9.17) is 5.14 Å². The molecule has 154 valence electrons. The summed E-state index contributed by atoms with van der Waals surface area (Å²) in [5.74, 6) is -2.34. The lowest BCUT2D eigenvalue weighted by Gasteiger charge is -2.13.